The summed E-state index contributed by atoms with van der Waals surface area (Å²) in [4.78, 5) is 0.114. The van der Waals surface area contributed by atoms with Crippen LogP contribution < -0.4 is 9.46 Å². The molecule has 1 aromatic heterocycles. The minimum absolute atomic E-state index is 0.0000382. The number of nitrogens with one attached hydrogen (secondary N) is 1. The zero-order chi connectivity index (χ0) is 26.6. The molecule has 3 atom stereocenters. The fourth-order valence-electron chi connectivity index (χ4n) is 5.41. The average molecular weight is 590 g/mol. The lowest BCUT2D eigenvalue weighted by Crippen LogP contribution is -2.55. The first-order valence-electron chi connectivity index (χ1n) is 11.3. The quantitative estimate of drug-likeness (QED) is 0.442. The molecular formula is C24H22ClF2NO6S3. The number of fused-ring (bicyclic) bond motifs is 3. The Morgan fingerprint density at radius 3 is 2.49 bits per heavy atom. The molecule has 3 aromatic rings. The molecule has 37 heavy (non-hydrogen) atoms. The largest absolute Gasteiger partial charge is 0.490 e. The van der Waals surface area contributed by atoms with Gasteiger partial charge in [-0.3, -0.25) is 0 Å². The zero-order valence-corrected chi connectivity index (χ0v) is 22.4. The number of hydrogen-bond acceptors (Lipinski definition) is 7. The van der Waals surface area contributed by atoms with Crippen molar-refractivity contribution in [3.63, 3.8) is 0 Å². The van der Waals surface area contributed by atoms with E-state index in [9.17, 15) is 26.3 Å². The summed E-state index contributed by atoms with van der Waals surface area (Å²) in [6.45, 7) is -0.697. The van der Waals surface area contributed by atoms with Crippen LogP contribution in [0.15, 0.2) is 57.6 Å². The molecule has 7 nitrogen and oxygen atoms in total. The van der Waals surface area contributed by atoms with E-state index in [1.807, 2.05) is 0 Å². The van der Waals surface area contributed by atoms with Crippen molar-refractivity contribution in [2.45, 2.75) is 46.4 Å². The molecule has 0 saturated heterocycles. The molecule has 2 N–H and O–H groups in total. The number of sulfonamides is 1. The lowest BCUT2D eigenvalue weighted by Gasteiger charge is -2.49. The minimum Gasteiger partial charge on any atom is -0.490 e. The van der Waals surface area contributed by atoms with Gasteiger partial charge in [0.05, 0.1) is 28.6 Å². The zero-order valence-electron chi connectivity index (χ0n) is 19.2. The highest BCUT2D eigenvalue weighted by Crippen LogP contribution is 2.56. The Bertz CT molecular complexity index is 1560. The van der Waals surface area contributed by atoms with Crippen molar-refractivity contribution >= 4 is 42.8 Å². The van der Waals surface area contributed by atoms with E-state index in [2.05, 4.69) is 4.72 Å². The summed E-state index contributed by atoms with van der Waals surface area (Å²) in [5, 5.41) is 11.3. The Labute approximate surface area is 222 Å². The van der Waals surface area contributed by atoms with Crippen LogP contribution >= 0.6 is 22.9 Å². The molecule has 2 heterocycles. The summed E-state index contributed by atoms with van der Waals surface area (Å²) in [5.74, 6) is -3.13. The van der Waals surface area contributed by atoms with Crippen LogP contribution in [0.25, 0.3) is 0 Å². The van der Waals surface area contributed by atoms with E-state index < -0.39 is 60.6 Å². The molecule has 1 aliphatic heterocycles. The topological polar surface area (TPSA) is 110 Å². The van der Waals surface area contributed by atoms with Crippen LogP contribution in [0.4, 0.5) is 8.78 Å². The van der Waals surface area contributed by atoms with Gasteiger partial charge in [0.1, 0.15) is 10.6 Å². The molecule has 0 spiro atoms. The summed E-state index contributed by atoms with van der Waals surface area (Å²) >= 11 is 7.05. The lowest BCUT2D eigenvalue weighted by molar-refractivity contribution is 0.113. The van der Waals surface area contributed by atoms with Gasteiger partial charge in [-0.25, -0.2) is 30.3 Å². The van der Waals surface area contributed by atoms with E-state index >= 15 is 4.39 Å². The molecule has 198 valence electrons. The first-order valence-corrected chi connectivity index (χ1v) is 15.5. The summed E-state index contributed by atoms with van der Waals surface area (Å²) in [6.07, 6.45) is -0.139. The van der Waals surface area contributed by atoms with Gasteiger partial charge in [0.25, 0.3) is 0 Å². The number of aliphatic hydroxyl groups excluding tert-OH is 1. The SMILES string of the molecule is O=S(=O)(N[C@@H]1CC[C@@]2(S(=O)(=O)c3ccc(Cl)cc3)c3c(F)ccc(F)c3OC[C@H]2C1)c1ccsc1CO. The van der Waals surface area contributed by atoms with E-state index in [0.717, 1.165) is 23.5 Å². The second-order valence-electron chi connectivity index (χ2n) is 9.05. The fourth-order valence-corrected chi connectivity index (χ4v) is 10.5. The van der Waals surface area contributed by atoms with Crippen molar-refractivity contribution < 1.29 is 35.5 Å². The van der Waals surface area contributed by atoms with Crippen LogP contribution in [0.2, 0.25) is 5.02 Å². The van der Waals surface area contributed by atoms with Gasteiger partial charge in [-0.1, -0.05) is 11.6 Å². The monoisotopic (exact) mass is 589 g/mol. The van der Waals surface area contributed by atoms with Crippen molar-refractivity contribution in [2.75, 3.05) is 6.61 Å². The number of sulfone groups is 1. The summed E-state index contributed by atoms with van der Waals surface area (Å²) in [6, 6.07) is 7.89. The molecule has 2 aromatic carbocycles. The van der Waals surface area contributed by atoms with Crippen LogP contribution in [0.3, 0.4) is 0 Å². The number of ether oxygens (including phenoxy) is 1. The first kappa shape index (κ1) is 26.5. The average Bonchev–Trinajstić information content (AvgIpc) is 3.36. The van der Waals surface area contributed by atoms with Crippen LogP contribution in [0, 0.1) is 17.6 Å². The molecule has 0 amide bonds. The Morgan fingerprint density at radius 2 is 1.78 bits per heavy atom. The fraction of sp³-hybridized carbons (Fsp3) is 0.333. The predicted octanol–water partition coefficient (Wildman–Crippen LogP) is 4.38. The summed E-state index contributed by atoms with van der Waals surface area (Å²) < 4.78 is 90.8. The molecule has 1 fully saturated rings. The molecule has 0 unspecified atom stereocenters. The van der Waals surface area contributed by atoms with Crippen LogP contribution in [-0.2, 0) is 31.2 Å². The number of benzene rings is 2. The Hall–Kier alpha value is -2.09. The molecule has 5 rings (SSSR count). The normalized spacial score (nSPS) is 23.7. The van der Waals surface area contributed by atoms with E-state index in [-0.39, 0.29) is 46.1 Å². The standard InChI is InChI=1S/C24H22ClF2NO6S3/c25-15-1-3-17(4-2-15)36(30,31)24-9-7-16(28-37(32,33)21-8-10-35-20(21)12-29)11-14(24)13-34-23-19(27)6-5-18(26)22(23)24/h1-6,8,10,14,16,28-29H,7,9,11-13H2/t14-,16-,24+/m1/s1. The molecule has 0 radical (unpaired) electrons. The predicted molar refractivity (Wildman–Crippen MR) is 134 cm³/mol. The summed E-state index contributed by atoms with van der Waals surface area (Å²) in [7, 11) is -8.35. The Morgan fingerprint density at radius 1 is 1.08 bits per heavy atom. The van der Waals surface area contributed by atoms with Crippen molar-refractivity contribution in [1.29, 1.82) is 0 Å². The van der Waals surface area contributed by atoms with Crippen LogP contribution in [-0.4, -0.2) is 34.6 Å². The Kier molecular flexibility index (Phi) is 6.87. The highest BCUT2D eigenvalue weighted by Gasteiger charge is 2.60. The molecule has 0 bridgehead atoms. The maximum atomic E-state index is 15.3. The van der Waals surface area contributed by atoms with Gasteiger partial charge in [0.2, 0.25) is 10.0 Å². The van der Waals surface area contributed by atoms with Crippen molar-refractivity contribution in [1.82, 2.24) is 4.72 Å². The third-order valence-corrected chi connectivity index (χ3v) is 12.6. The maximum Gasteiger partial charge on any atom is 0.242 e. The van der Waals surface area contributed by atoms with Gasteiger partial charge in [-0.2, -0.15) is 0 Å². The van der Waals surface area contributed by atoms with Gasteiger partial charge in [-0.15, -0.1) is 11.3 Å². The number of thiophene rings is 1. The number of halogens is 3. The molecule has 13 heteroatoms. The first-order chi connectivity index (χ1) is 17.5. The van der Waals surface area contributed by atoms with Gasteiger partial charge in [-0.05, 0) is 67.1 Å². The smallest absolute Gasteiger partial charge is 0.242 e. The van der Waals surface area contributed by atoms with E-state index in [1.165, 1.54) is 30.3 Å². The van der Waals surface area contributed by atoms with Gasteiger partial charge in [0, 0.05) is 21.9 Å². The number of hydrogen-bond donors (Lipinski definition) is 2. The van der Waals surface area contributed by atoms with Gasteiger partial charge < -0.3 is 9.84 Å². The molecular weight excluding hydrogens is 568 g/mol. The third-order valence-electron chi connectivity index (χ3n) is 7.07. The molecule has 2 aliphatic rings. The highest BCUT2D eigenvalue weighted by atomic mass is 35.5. The van der Waals surface area contributed by atoms with Crippen LogP contribution in [0.1, 0.15) is 29.7 Å². The van der Waals surface area contributed by atoms with Crippen molar-refractivity contribution in [3.8, 4) is 5.75 Å². The second-order valence-corrected chi connectivity index (χ2v) is 14.4. The van der Waals surface area contributed by atoms with Crippen molar-refractivity contribution in [3.05, 3.63) is 74.9 Å². The molecule has 1 aliphatic carbocycles. The lowest BCUT2D eigenvalue weighted by atomic mass is 9.71. The second kappa shape index (κ2) is 9.58. The number of aliphatic hydroxyl groups is 1. The van der Waals surface area contributed by atoms with Gasteiger partial charge in [0.15, 0.2) is 21.4 Å². The maximum absolute atomic E-state index is 15.3. The molecule has 1 saturated carbocycles. The van der Waals surface area contributed by atoms with Crippen molar-refractivity contribution in [2.24, 2.45) is 5.92 Å². The third kappa shape index (κ3) is 4.27. The van der Waals surface area contributed by atoms with E-state index in [0.29, 0.717) is 5.02 Å². The minimum atomic E-state index is -4.33. The highest BCUT2D eigenvalue weighted by molar-refractivity contribution is 7.92. The van der Waals surface area contributed by atoms with Gasteiger partial charge >= 0.3 is 0 Å². The van der Waals surface area contributed by atoms with E-state index in [4.69, 9.17) is 16.3 Å². The number of rotatable bonds is 6. The van der Waals surface area contributed by atoms with Crippen LogP contribution in [0.5, 0.6) is 5.75 Å². The van der Waals surface area contributed by atoms with E-state index in [1.54, 1.807) is 5.38 Å². The summed E-state index contributed by atoms with van der Waals surface area (Å²) in [5.41, 5.74) is -0.375. The Balaban J connectivity index is 1.58.